The first kappa shape index (κ1) is 59.1. The van der Waals surface area contributed by atoms with E-state index in [1.807, 2.05) is 0 Å². The molecule has 60 heavy (non-hydrogen) atoms. The van der Waals surface area contributed by atoms with Crippen LogP contribution in [0.25, 0.3) is 0 Å². The number of aliphatic hydroxyl groups excluding tert-OH is 2. The number of unbranched alkanes of at least 4 members (excludes halogenated alkanes) is 22. The van der Waals surface area contributed by atoms with E-state index in [9.17, 15) is 0 Å². The van der Waals surface area contributed by atoms with Crippen LogP contribution in [0, 0.1) is 0 Å². The summed E-state index contributed by atoms with van der Waals surface area (Å²) in [5, 5.41) is 17.9. The minimum atomic E-state index is -0.317. The zero-order valence-corrected chi connectivity index (χ0v) is 40.2. The smallest absolute Gasteiger partial charge is 0.157 e. The molecule has 0 rings (SSSR count). The molecule has 0 amide bonds. The van der Waals surface area contributed by atoms with Crippen LogP contribution < -0.4 is 0 Å². The van der Waals surface area contributed by atoms with Crippen molar-refractivity contribution in [2.24, 2.45) is 0 Å². The lowest BCUT2D eigenvalue weighted by molar-refractivity contribution is -0.893. The van der Waals surface area contributed by atoms with Crippen LogP contribution in [0.1, 0.15) is 194 Å². The summed E-state index contributed by atoms with van der Waals surface area (Å²) in [7, 11) is 4.66. The Morgan fingerprint density at radius 2 is 0.850 bits per heavy atom. The topological polar surface area (TPSA) is 95.8 Å². The molecule has 0 aliphatic rings. The number of nitrogens with zero attached hydrogens (tertiary/aromatic N) is 1. The van der Waals surface area contributed by atoms with Gasteiger partial charge < -0.3 is 43.1 Å². The molecule has 0 aromatic carbocycles. The van der Waals surface area contributed by atoms with Crippen molar-refractivity contribution in [3.8, 4) is 0 Å². The highest BCUT2D eigenvalue weighted by Gasteiger charge is 2.23. The number of hydrogen-bond donors (Lipinski definition) is 2. The Bertz CT molecular complexity index is 858. The third-order valence-corrected chi connectivity index (χ3v) is 11.0. The van der Waals surface area contributed by atoms with Crippen molar-refractivity contribution in [2.75, 3.05) is 99.9 Å². The fraction of sp³-hybridized carbons (Fsp3) is 0.922. The predicted octanol–water partition coefficient (Wildman–Crippen LogP) is 11.9. The van der Waals surface area contributed by atoms with Crippen molar-refractivity contribution in [2.45, 2.75) is 206 Å². The van der Waals surface area contributed by atoms with Gasteiger partial charge in [0.25, 0.3) is 0 Å². The maximum atomic E-state index is 8.95. The second-order valence-electron chi connectivity index (χ2n) is 17.6. The summed E-state index contributed by atoms with van der Waals surface area (Å²) >= 11 is 0. The molecule has 0 aromatic rings. The van der Waals surface area contributed by atoms with E-state index in [1.165, 1.54) is 141 Å². The van der Waals surface area contributed by atoms with Crippen molar-refractivity contribution in [3.05, 3.63) is 24.3 Å². The minimum absolute atomic E-state index is 0.00729. The van der Waals surface area contributed by atoms with Gasteiger partial charge in [-0.15, -0.1) is 0 Å². The number of allylic oxidation sites excluding steroid dienone is 4. The number of likely N-dealkylation sites (N-methyl/N-ethyl adjacent to an activating group) is 1. The van der Waals surface area contributed by atoms with E-state index >= 15 is 0 Å². The average molecular weight is 857 g/mol. The monoisotopic (exact) mass is 857 g/mol. The molecule has 0 aliphatic heterocycles. The summed E-state index contributed by atoms with van der Waals surface area (Å²) in [6, 6.07) is 0. The molecule has 0 bridgehead atoms. The summed E-state index contributed by atoms with van der Waals surface area (Å²) in [4.78, 5) is 0. The normalized spacial score (nSPS) is 12.9. The van der Waals surface area contributed by atoms with Crippen LogP contribution in [0.4, 0.5) is 0 Å². The maximum Gasteiger partial charge on any atom is 0.157 e. The maximum absolute atomic E-state index is 8.95. The first-order valence-electron chi connectivity index (χ1n) is 25.4. The Hall–Kier alpha value is -0.880. The molecule has 9 nitrogen and oxygen atoms in total. The minimum Gasteiger partial charge on any atom is -0.394 e. The lowest BCUT2D eigenvalue weighted by atomic mass is 10.1. The van der Waals surface area contributed by atoms with Gasteiger partial charge >= 0.3 is 0 Å². The fourth-order valence-electron chi connectivity index (χ4n) is 7.38. The van der Waals surface area contributed by atoms with E-state index in [0.29, 0.717) is 46.2 Å². The molecule has 1 unspecified atom stereocenters. The Balaban J connectivity index is 4.57. The Morgan fingerprint density at radius 1 is 0.417 bits per heavy atom. The molecule has 358 valence electrons. The lowest BCUT2D eigenvalue weighted by Gasteiger charge is -2.33. The fourth-order valence-corrected chi connectivity index (χ4v) is 7.38. The largest absolute Gasteiger partial charge is 0.394 e. The predicted molar refractivity (Wildman–Crippen MR) is 253 cm³/mol. The van der Waals surface area contributed by atoms with Crippen molar-refractivity contribution >= 4 is 0 Å². The molecule has 2 N–H and O–H groups in total. The summed E-state index contributed by atoms with van der Waals surface area (Å²) in [6.45, 7) is 11.2. The lowest BCUT2D eigenvalue weighted by Crippen LogP contribution is -2.48. The molecular weight excluding hydrogens is 755 g/mol. The van der Waals surface area contributed by atoms with E-state index in [4.69, 9.17) is 38.6 Å². The van der Waals surface area contributed by atoms with Crippen LogP contribution in [0.3, 0.4) is 0 Å². The first-order valence-corrected chi connectivity index (χ1v) is 25.4. The van der Waals surface area contributed by atoms with Crippen LogP contribution in [-0.2, 0) is 28.4 Å². The third-order valence-electron chi connectivity index (χ3n) is 11.0. The van der Waals surface area contributed by atoms with Gasteiger partial charge in [0.05, 0.1) is 80.1 Å². The van der Waals surface area contributed by atoms with E-state index in [0.717, 1.165) is 69.3 Å². The number of aliphatic hydroxyl groups is 2. The molecule has 0 aromatic heterocycles. The van der Waals surface area contributed by atoms with Gasteiger partial charge in [-0.25, -0.2) is 0 Å². The molecule has 0 radical (unpaired) electrons. The third kappa shape index (κ3) is 46.6. The van der Waals surface area contributed by atoms with E-state index in [-0.39, 0.29) is 25.6 Å². The van der Waals surface area contributed by atoms with E-state index in [1.54, 1.807) is 0 Å². The summed E-state index contributed by atoms with van der Waals surface area (Å²) in [5.41, 5.74) is 0. The van der Waals surface area contributed by atoms with Crippen LogP contribution >= 0.6 is 0 Å². The zero-order chi connectivity index (χ0) is 43.7. The molecule has 9 heteroatoms. The summed E-state index contributed by atoms with van der Waals surface area (Å²) in [6.07, 6.45) is 44.6. The number of rotatable bonds is 51. The number of hydrogen-bond acceptors (Lipinski definition) is 8. The SMILES string of the molecule is CCCC/C=C\CCCCCCCCCCOCC(C[N+](C)(C)CCCCCC(OCCOCCO)OCCOCCO)OCCCCCCCCCC/C=C\CCCC. The van der Waals surface area contributed by atoms with Crippen molar-refractivity contribution < 1.29 is 43.1 Å². The van der Waals surface area contributed by atoms with Crippen molar-refractivity contribution in [1.82, 2.24) is 0 Å². The van der Waals surface area contributed by atoms with Crippen molar-refractivity contribution in [1.29, 1.82) is 0 Å². The van der Waals surface area contributed by atoms with Gasteiger partial charge in [0, 0.05) is 13.2 Å². The van der Waals surface area contributed by atoms with Gasteiger partial charge in [0.1, 0.15) is 12.6 Å². The number of ether oxygens (including phenoxy) is 6. The molecule has 0 saturated heterocycles. The summed E-state index contributed by atoms with van der Waals surface area (Å²) in [5.74, 6) is 0. The molecule has 0 heterocycles. The quantitative estimate of drug-likeness (QED) is 0.0270. The van der Waals surface area contributed by atoms with Gasteiger partial charge in [-0.1, -0.05) is 141 Å². The van der Waals surface area contributed by atoms with Crippen LogP contribution in [-0.4, -0.2) is 127 Å². The molecular formula is C51H102NO8+. The standard InChI is InChI=1S/C51H102NO8/c1-5-7-9-11-13-15-17-19-21-23-25-27-29-34-40-57-49-50(58-41-35-30-28-26-24-22-20-18-16-14-12-10-8-6-2)48-52(3,4)37-33-31-32-36-51(59-46-44-55-42-38-53)60-47-45-56-43-39-54/h11-14,50-51,53-54H,5-10,15-49H2,1-4H3/q+1/b13-11-,14-12-. The highest BCUT2D eigenvalue weighted by atomic mass is 16.7. The average Bonchev–Trinajstić information content (AvgIpc) is 3.24. The first-order chi connectivity index (χ1) is 29.5. The van der Waals surface area contributed by atoms with Gasteiger partial charge in [-0.05, 0) is 77.0 Å². The Morgan fingerprint density at radius 3 is 1.33 bits per heavy atom. The van der Waals surface area contributed by atoms with Crippen LogP contribution in [0.15, 0.2) is 24.3 Å². The van der Waals surface area contributed by atoms with Gasteiger partial charge in [-0.3, -0.25) is 0 Å². The zero-order valence-electron chi connectivity index (χ0n) is 40.2. The van der Waals surface area contributed by atoms with Crippen LogP contribution in [0.2, 0.25) is 0 Å². The molecule has 0 fully saturated rings. The van der Waals surface area contributed by atoms with E-state index < -0.39 is 0 Å². The van der Waals surface area contributed by atoms with Gasteiger partial charge in [0.2, 0.25) is 0 Å². The Labute approximate surface area is 372 Å². The van der Waals surface area contributed by atoms with Gasteiger partial charge in [-0.2, -0.15) is 0 Å². The van der Waals surface area contributed by atoms with E-state index in [2.05, 4.69) is 52.2 Å². The highest BCUT2D eigenvalue weighted by Crippen LogP contribution is 2.15. The van der Waals surface area contributed by atoms with Gasteiger partial charge in [0.15, 0.2) is 6.29 Å². The Kier molecular flexibility index (Phi) is 48.4. The second kappa shape index (κ2) is 49.1. The van der Waals surface area contributed by atoms with Crippen molar-refractivity contribution in [3.63, 3.8) is 0 Å². The number of quaternary nitrogens is 1. The summed E-state index contributed by atoms with van der Waals surface area (Å²) < 4.78 is 36.3. The molecule has 0 saturated carbocycles. The molecule has 1 atom stereocenters. The van der Waals surface area contributed by atoms with Crippen LogP contribution in [0.5, 0.6) is 0 Å². The highest BCUT2D eigenvalue weighted by molar-refractivity contribution is 4.81. The molecule has 0 spiro atoms. The second-order valence-corrected chi connectivity index (χ2v) is 17.6. The molecule has 0 aliphatic carbocycles.